The standard InChI is InChI=1S/C19H10F3N3/c20-13-9-15(22)14(21)8-12(13)17-6-3-7-18(24-17)19-23-10-11-4-1-2-5-16(11)25-19/h1-10H. The quantitative estimate of drug-likeness (QED) is 0.494. The zero-order valence-electron chi connectivity index (χ0n) is 12.7. The lowest BCUT2D eigenvalue weighted by Gasteiger charge is -2.06. The van der Waals surface area contributed by atoms with Crippen LogP contribution in [0.15, 0.2) is 60.8 Å². The first kappa shape index (κ1) is 15.3. The van der Waals surface area contributed by atoms with E-state index in [-0.39, 0.29) is 11.3 Å². The predicted molar refractivity (Wildman–Crippen MR) is 88.1 cm³/mol. The van der Waals surface area contributed by atoms with Crippen LogP contribution in [0, 0.1) is 17.5 Å². The number of pyridine rings is 1. The molecular weight excluding hydrogens is 327 g/mol. The van der Waals surface area contributed by atoms with Crippen molar-refractivity contribution in [2.75, 3.05) is 0 Å². The van der Waals surface area contributed by atoms with Crippen molar-refractivity contribution < 1.29 is 13.2 Å². The van der Waals surface area contributed by atoms with Crippen LogP contribution in [-0.4, -0.2) is 15.0 Å². The minimum atomic E-state index is -1.24. The summed E-state index contributed by atoms with van der Waals surface area (Å²) in [6.45, 7) is 0. The number of hydrogen-bond acceptors (Lipinski definition) is 3. The molecule has 0 aliphatic rings. The fraction of sp³-hybridized carbons (Fsp3) is 0. The SMILES string of the molecule is Fc1cc(F)c(-c2cccc(-c3ncc4ccccc4n3)n2)cc1F. The Balaban J connectivity index is 1.82. The third-order valence-electron chi connectivity index (χ3n) is 3.75. The van der Waals surface area contributed by atoms with Gasteiger partial charge in [0.05, 0.1) is 11.2 Å². The summed E-state index contributed by atoms with van der Waals surface area (Å²) in [6.07, 6.45) is 1.67. The average molecular weight is 337 g/mol. The summed E-state index contributed by atoms with van der Waals surface area (Å²) < 4.78 is 40.5. The molecule has 6 heteroatoms. The Morgan fingerprint density at radius 2 is 1.44 bits per heavy atom. The van der Waals surface area contributed by atoms with E-state index in [4.69, 9.17) is 0 Å². The maximum atomic E-state index is 14.0. The molecule has 0 aliphatic carbocycles. The van der Waals surface area contributed by atoms with Crippen LogP contribution in [0.2, 0.25) is 0 Å². The van der Waals surface area contributed by atoms with Gasteiger partial charge < -0.3 is 0 Å². The van der Waals surface area contributed by atoms with Crippen LogP contribution >= 0.6 is 0 Å². The second-order valence-corrected chi connectivity index (χ2v) is 5.41. The summed E-state index contributed by atoms with van der Waals surface area (Å²) >= 11 is 0. The monoisotopic (exact) mass is 337 g/mol. The maximum absolute atomic E-state index is 14.0. The van der Waals surface area contributed by atoms with Gasteiger partial charge in [-0.05, 0) is 24.3 Å². The average Bonchev–Trinajstić information content (AvgIpc) is 2.64. The molecule has 25 heavy (non-hydrogen) atoms. The van der Waals surface area contributed by atoms with Crippen LogP contribution in [-0.2, 0) is 0 Å². The molecule has 0 atom stereocenters. The van der Waals surface area contributed by atoms with Crippen LogP contribution in [0.5, 0.6) is 0 Å². The molecule has 0 saturated carbocycles. The molecular formula is C19H10F3N3. The van der Waals surface area contributed by atoms with Crippen LogP contribution in [0.4, 0.5) is 13.2 Å². The number of halogens is 3. The lowest BCUT2D eigenvalue weighted by atomic mass is 10.1. The molecule has 0 amide bonds. The van der Waals surface area contributed by atoms with Gasteiger partial charge in [0.2, 0.25) is 0 Å². The third-order valence-corrected chi connectivity index (χ3v) is 3.75. The summed E-state index contributed by atoms with van der Waals surface area (Å²) in [7, 11) is 0. The number of nitrogens with zero attached hydrogens (tertiary/aromatic N) is 3. The van der Waals surface area contributed by atoms with E-state index >= 15 is 0 Å². The number of fused-ring (bicyclic) bond motifs is 1. The molecule has 0 N–H and O–H groups in total. The van der Waals surface area contributed by atoms with Gasteiger partial charge in [-0.3, -0.25) is 0 Å². The van der Waals surface area contributed by atoms with E-state index < -0.39 is 17.5 Å². The van der Waals surface area contributed by atoms with Gasteiger partial charge in [-0.1, -0.05) is 24.3 Å². The third kappa shape index (κ3) is 2.82. The Bertz CT molecular complexity index is 1100. The molecule has 0 spiro atoms. The first-order valence-electron chi connectivity index (χ1n) is 7.46. The molecule has 0 fully saturated rings. The van der Waals surface area contributed by atoms with Crippen molar-refractivity contribution in [2.24, 2.45) is 0 Å². The largest absolute Gasteiger partial charge is 0.244 e. The Morgan fingerprint density at radius 1 is 0.680 bits per heavy atom. The highest BCUT2D eigenvalue weighted by atomic mass is 19.2. The van der Waals surface area contributed by atoms with E-state index in [0.717, 1.165) is 17.0 Å². The Hall–Kier alpha value is -3.28. The molecule has 0 unspecified atom stereocenters. The first-order chi connectivity index (χ1) is 12.1. The molecule has 0 aliphatic heterocycles. The minimum absolute atomic E-state index is 0.124. The smallest absolute Gasteiger partial charge is 0.178 e. The maximum Gasteiger partial charge on any atom is 0.178 e. The van der Waals surface area contributed by atoms with Gasteiger partial charge in [0.1, 0.15) is 11.5 Å². The highest BCUT2D eigenvalue weighted by molar-refractivity contribution is 5.79. The van der Waals surface area contributed by atoms with Crippen molar-refractivity contribution in [1.82, 2.24) is 15.0 Å². The van der Waals surface area contributed by atoms with E-state index in [2.05, 4.69) is 15.0 Å². The van der Waals surface area contributed by atoms with E-state index in [1.807, 2.05) is 24.3 Å². The zero-order valence-corrected chi connectivity index (χ0v) is 12.7. The number of rotatable bonds is 2. The van der Waals surface area contributed by atoms with Crippen molar-refractivity contribution >= 4 is 10.9 Å². The van der Waals surface area contributed by atoms with Gasteiger partial charge >= 0.3 is 0 Å². The first-order valence-corrected chi connectivity index (χ1v) is 7.46. The summed E-state index contributed by atoms with van der Waals surface area (Å²) in [6, 6.07) is 13.6. The summed E-state index contributed by atoms with van der Waals surface area (Å²) in [5, 5.41) is 0.883. The topological polar surface area (TPSA) is 38.7 Å². The molecule has 0 radical (unpaired) electrons. The molecule has 0 saturated heterocycles. The fourth-order valence-electron chi connectivity index (χ4n) is 2.52. The van der Waals surface area contributed by atoms with Gasteiger partial charge in [0, 0.05) is 23.2 Å². The van der Waals surface area contributed by atoms with Gasteiger partial charge in [0.15, 0.2) is 17.5 Å². The molecule has 2 aromatic heterocycles. The summed E-state index contributed by atoms with van der Waals surface area (Å²) in [5.41, 5.74) is 1.21. The normalized spacial score (nSPS) is 11.0. The number of hydrogen-bond donors (Lipinski definition) is 0. The van der Waals surface area contributed by atoms with E-state index in [0.29, 0.717) is 17.6 Å². The fourth-order valence-corrected chi connectivity index (χ4v) is 2.52. The number of para-hydroxylation sites is 1. The molecule has 4 rings (SSSR count). The number of benzene rings is 2. The van der Waals surface area contributed by atoms with E-state index in [1.54, 1.807) is 18.3 Å². The molecule has 4 aromatic rings. The number of aromatic nitrogens is 3. The van der Waals surface area contributed by atoms with Crippen molar-refractivity contribution in [3.05, 3.63) is 78.2 Å². The highest BCUT2D eigenvalue weighted by Crippen LogP contribution is 2.26. The second kappa shape index (κ2) is 5.98. The lowest BCUT2D eigenvalue weighted by molar-refractivity contribution is 0.496. The van der Waals surface area contributed by atoms with Crippen molar-refractivity contribution in [3.63, 3.8) is 0 Å². The van der Waals surface area contributed by atoms with E-state index in [9.17, 15) is 13.2 Å². The predicted octanol–water partition coefficient (Wildman–Crippen LogP) is 4.78. The second-order valence-electron chi connectivity index (χ2n) is 5.41. The molecule has 0 bridgehead atoms. The van der Waals surface area contributed by atoms with Crippen molar-refractivity contribution in [2.45, 2.75) is 0 Å². The molecule has 122 valence electrons. The molecule has 2 heterocycles. The van der Waals surface area contributed by atoms with Crippen LogP contribution in [0.3, 0.4) is 0 Å². The molecule has 2 aromatic carbocycles. The van der Waals surface area contributed by atoms with Crippen molar-refractivity contribution in [1.29, 1.82) is 0 Å². The summed E-state index contributed by atoms with van der Waals surface area (Å²) in [5.74, 6) is -2.90. The van der Waals surface area contributed by atoms with Crippen molar-refractivity contribution in [3.8, 4) is 22.8 Å². The van der Waals surface area contributed by atoms with Gasteiger partial charge in [-0.25, -0.2) is 28.1 Å². The highest BCUT2D eigenvalue weighted by Gasteiger charge is 2.14. The lowest BCUT2D eigenvalue weighted by Crippen LogP contribution is -1.96. The summed E-state index contributed by atoms with van der Waals surface area (Å²) in [4.78, 5) is 13.0. The zero-order chi connectivity index (χ0) is 17.4. The Labute approximate surface area is 140 Å². The van der Waals surface area contributed by atoms with Gasteiger partial charge in [-0.2, -0.15) is 0 Å². The Morgan fingerprint density at radius 3 is 2.32 bits per heavy atom. The van der Waals surface area contributed by atoms with E-state index in [1.165, 1.54) is 6.07 Å². The van der Waals surface area contributed by atoms with Gasteiger partial charge in [0.25, 0.3) is 0 Å². The Kier molecular flexibility index (Phi) is 3.65. The van der Waals surface area contributed by atoms with Crippen LogP contribution in [0.25, 0.3) is 33.7 Å². The molecule has 3 nitrogen and oxygen atoms in total. The minimum Gasteiger partial charge on any atom is -0.244 e. The van der Waals surface area contributed by atoms with Gasteiger partial charge in [-0.15, -0.1) is 0 Å². The van der Waals surface area contributed by atoms with Crippen LogP contribution < -0.4 is 0 Å². The van der Waals surface area contributed by atoms with Crippen LogP contribution in [0.1, 0.15) is 0 Å².